The van der Waals surface area contributed by atoms with Crippen LogP contribution in [0.2, 0.25) is 0 Å². The summed E-state index contributed by atoms with van der Waals surface area (Å²) in [7, 11) is 0. The van der Waals surface area contributed by atoms with E-state index in [9.17, 15) is 0 Å². The minimum Gasteiger partial charge on any atom is -0.192 e. The first kappa shape index (κ1) is 9.38. The molecule has 76 valence electrons. The molecule has 1 nitrogen and oxygen atoms in total. The molecule has 0 amide bonds. The number of benzene rings is 2. The number of hydrogen-bond donors (Lipinski definition) is 0. The van der Waals surface area contributed by atoms with E-state index in [0.29, 0.717) is 0 Å². The van der Waals surface area contributed by atoms with Gasteiger partial charge in [-0.1, -0.05) is 18.2 Å². The molecular weight excluding hydrogens is 214 g/mol. The molecule has 0 aliphatic rings. The molecule has 2 aromatic carbocycles. The van der Waals surface area contributed by atoms with E-state index in [4.69, 9.17) is 5.26 Å². The smallest absolute Gasteiger partial charge is 0.0992 e. The van der Waals surface area contributed by atoms with E-state index in [1.165, 1.54) is 25.7 Å². The third-order valence-corrected chi connectivity index (χ3v) is 3.95. The van der Waals surface area contributed by atoms with Crippen molar-refractivity contribution < 1.29 is 0 Å². The molecule has 0 fully saturated rings. The molecule has 0 bridgehead atoms. The number of fused-ring (bicyclic) bond motifs is 3. The first-order valence-electron chi connectivity index (χ1n) is 5.11. The minimum absolute atomic E-state index is 0.733. The monoisotopic (exact) mass is 223 g/mol. The predicted molar refractivity (Wildman–Crippen MR) is 68.8 cm³/mol. The maximum Gasteiger partial charge on any atom is 0.0992 e. The lowest BCUT2D eigenvalue weighted by atomic mass is 10.1. The van der Waals surface area contributed by atoms with Gasteiger partial charge in [-0.2, -0.15) is 5.26 Å². The van der Waals surface area contributed by atoms with Crippen LogP contribution in [0.15, 0.2) is 36.4 Å². The molecule has 1 heterocycles. The van der Waals surface area contributed by atoms with Gasteiger partial charge in [-0.3, -0.25) is 0 Å². The molecule has 1 aromatic heterocycles. The van der Waals surface area contributed by atoms with Gasteiger partial charge in [0.05, 0.1) is 11.6 Å². The summed E-state index contributed by atoms with van der Waals surface area (Å²) in [6.07, 6.45) is 0. The molecule has 0 N–H and O–H groups in total. The van der Waals surface area contributed by atoms with E-state index in [0.717, 1.165) is 5.56 Å². The lowest BCUT2D eigenvalue weighted by Crippen LogP contribution is -1.74. The van der Waals surface area contributed by atoms with Crippen LogP contribution < -0.4 is 0 Å². The van der Waals surface area contributed by atoms with Crippen LogP contribution in [0.3, 0.4) is 0 Å². The second-order valence-electron chi connectivity index (χ2n) is 3.87. The van der Waals surface area contributed by atoms with E-state index in [2.05, 4.69) is 37.3 Å². The number of aryl methyl sites for hydroxylation is 1. The summed E-state index contributed by atoms with van der Waals surface area (Å²) < 4.78 is 2.49. The summed E-state index contributed by atoms with van der Waals surface area (Å²) in [6.45, 7) is 2.13. The second kappa shape index (κ2) is 3.33. The van der Waals surface area contributed by atoms with E-state index < -0.39 is 0 Å². The van der Waals surface area contributed by atoms with Gasteiger partial charge in [0.25, 0.3) is 0 Å². The van der Waals surface area contributed by atoms with Crippen molar-refractivity contribution in [1.82, 2.24) is 0 Å². The molecule has 0 saturated heterocycles. The largest absolute Gasteiger partial charge is 0.192 e. The van der Waals surface area contributed by atoms with E-state index in [1.54, 1.807) is 11.3 Å². The molecule has 0 unspecified atom stereocenters. The number of thiophene rings is 1. The van der Waals surface area contributed by atoms with Crippen LogP contribution in [0.5, 0.6) is 0 Å². The fourth-order valence-corrected chi connectivity index (χ4v) is 3.29. The van der Waals surface area contributed by atoms with E-state index >= 15 is 0 Å². The van der Waals surface area contributed by atoms with Gasteiger partial charge in [0.1, 0.15) is 0 Å². The van der Waals surface area contributed by atoms with Crippen molar-refractivity contribution in [2.24, 2.45) is 0 Å². The van der Waals surface area contributed by atoms with Crippen LogP contribution in [0.4, 0.5) is 0 Å². The number of hydrogen-bond acceptors (Lipinski definition) is 2. The molecule has 2 heteroatoms. The zero-order valence-corrected chi connectivity index (χ0v) is 9.64. The molecule has 3 rings (SSSR count). The molecule has 16 heavy (non-hydrogen) atoms. The fourth-order valence-electron chi connectivity index (χ4n) is 2.07. The maximum absolute atomic E-state index is 8.88. The molecule has 0 atom stereocenters. The Morgan fingerprint density at radius 1 is 1.12 bits per heavy atom. The summed E-state index contributed by atoms with van der Waals surface area (Å²) in [4.78, 5) is 0. The van der Waals surface area contributed by atoms with E-state index in [-0.39, 0.29) is 0 Å². The quantitative estimate of drug-likeness (QED) is 0.559. The second-order valence-corrected chi connectivity index (χ2v) is 4.96. The van der Waals surface area contributed by atoms with Crippen molar-refractivity contribution >= 4 is 31.5 Å². The Balaban J connectivity index is 2.53. The summed E-state index contributed by atoms with van der Waals surface area (Å²) in [5.74, 6) is 0. The third-order valence-electron chi connectivity index (χ3n) is 2.83. The Morgan fingerprint density at radius 3 is 2.81 bits per heavy atom. The summed E-state index contributed by atoms with van der Waals surface area (Å²) in [5.41, 5.74) is 2.03. The van der Waals surface area contributed by atoms with E-state index in [1.807, 2.05) is 12.1 Å². The molecule has 3 aromatic rings. The van der Waals surface area contributed by atoms with Gasteiger partial charge in [-0.05, 0) is 30.7 Å². The molecule has 0 saturated carbocycles. The lowest BCUT2D eigenvalue weighted by molar-refractivity contribution is 1.50. The topological polar surface area (TPSA) is 23.8 Å². The van der Waals surface area contributed by atoms with Crippen LogP contribution in [-0.2, 0) is 0 Å². The number of nitrogens with zero attached hydrogens (tertiary/aromatic N) is 1. The Morgan fingerprint density at radius 2 is 2.00 bits per heavy atom. The van der Waals surface area contributed by atoms with Crippen molar-refractivity contribution in [3.63, 3.8) is 0 Å². The average Bonchev–Trinajstić information content (AvgIpc) is 2.67. The van der Waals surface area contributed by atoms with Crippen molar-refractivity contribution in [1.29, 1.82) is 5.26 Å². The Bertz CT molecular complexity index is 731. The zero-order chi connectivity index (χ0) is 11.1. The first-order valence-corrected chi connectivity index (χ1v) is 5.93. The van der Waals surface area contributed by atoms with Crippen molar-refractivity contribution in [2.75, 3.05) is 0 Å². The van der Waals surface area contributed by atoms with Crippen molar-refractivity contribution in [3.05, 3.63) is 47.5 Å². The van der Waals surface area contributed by atoms with Gasteiger partial charge >= 0.3 is 0 Å². The van der Waals surface area contributed by atoms with Crippen LogP contribution in [0, 0.1) is 18.3 Å². The highest BCUT2D eigenvalue weighted by molar-refractivity contribution is 7.25. The standard InChI is InChI=1S/C14H9NS/c1-9-3-2-4-12-14(9)11-6-5-10(8-15)7-13(11)16-12/h2-7H,1H3. The highest BCUT2D eigenvalue weighted by atomic mass is 32.1. The van der Waals surface area contributed by atoms with Gasteiger partial charge in [0, 0.05) is 20.2 Å². The normalized spacial score (nSPS) is 10.8. The minimum atomic E-state index is 0.733. The summed E-state index contributed by atoms with van der Waals surface area (Å²) in [6, 6.07) is 14.5. The molecule has 0 radical (unpaired) electrons. The Labute approximate surface area is 97.6 Å². The van der Waals surface area contributed by atoms with Crippen LogP contribution >= 0.6 is 11.3 Å². The highest BCUT2D eigenvalue weighted by Gasteiger charge is 2.07. The van der Waals surface area contributed by atoms with Crippen LogP contribution in [0.25, 0.3) is 20.2 Å². The Hall–Kier alpha value is -1.85. The highest BCUT2D eigenvalue weighted by Crippen LogP contribution is 2.35. The fraction of sp³-hybridized carbons (Fsp3) is 0.0714. The molecule has 0 aliphatic heterocycles. The SMILES string of the molecule is Cc1cccc2sc3cc(C#N)ccc3c12. The van der Waals surface area contributed by atoms with Gasteiger partial charge in [-0.25, -0.2) is 0 Å². The lowest BCUT2D eigenvalue weighted by Gasteiger charge is -1.96. The van der Waals surface area contributed by atoms with Crippen LogP contribution in [0.1, 0.15) is 11.1 Å². The zero-order valence-electron chi connectivity index (χ0n) is 8.82. The van der Waals surface area contributed by atoms with Crippen molar-refractivity contribution in [2.45, 2.75) is 6.92 Å². The van der Waals surface area contributed by atoms with Crippen LogP contribution in [-0.4, -0.2) is 0 Å². The molecule has 0 spiro atoms. The average molecular weight is 223 g/mol. The third kappa shape index (κ3) is 1.22. The predicted octanol–water partition coefficient (Wildman–Crippen LogP) is 4.23. The van der Waals surface area contributed by atoms with Crippen molar-refractivity contribution in [3.8, 4) is 6.07 Å². The summed E-state index contributed by atoms with van der Waals surface area (Å²) >= 11 is 1.75. The molecular formula is C14H9NS. The Kier molecular flexibility index (Phi) is 1.95. The number of rotatable bonds is 0. The maximum atomic E-state index is 8.88. The molecule has 0 aliphatic carbocycles. The first-order chi connectivity index (χ1) is 7.79. The summed E-state index contributed by atoms with van der Waals surface area (Å²) in [5, 5.41) is 11.5. The van der Waals surface area contributed by atoms with Gasteiger partial charge in [0.15, 0.2) is 0 Å². The van der Waals surface area contributed by atoms with Gasteiger partial charge < -0.3 is 0 Å². The van der Waals surface area contributed by atoms with Gasteiger partial charge in [0.2, 0.25) is 0 Å². The van der Waals surface area contributed by atoms with Gasteiger partial charge in [-0.15, -0.1) is 11.3 Å². The number of nitriles is 1.